The van der Waals surface area contributed by atoms with Gasteiger partial charge in [0.1, 0.15) is 5.02 Å². The highest BCUT2D eigenvalue weighted by molar-refractivity contribution is 6.32. The molecule has 0 bridgehead atoms. The van der Waals surface area contributed by atoms with Crippen LogP contribution in [0.1, 0.15) is 25.7 Å². The minimum Gasteiger partial charge on any atom is -0.381 e. The predicted molar refractivity (Wildman–Crippen MR) is 87.1 cm³/mol. The third kappa shape index (κ3) is 3.30. The fraction of sp³-hybridized carbons (Fsp3) is 0.600. The molecular weight excluding hydrogens is 288 g/mol. The maximum atomic E-state index is 12.1. The molecule has 1 saturated carbocycles. The highest BCUT2D eigenvalue weighted by atomic mass is 35.5. The zero-order valence-electron chi connectivity index (χ0n) is 12.7. The van der Waals surface area contributed by atoms with Gasteiger partial charge in [0.05, 0.1) is 18.4 Å². The lowest BCUT2D eigenvalue weighted by molar-refractivity contribution is 0.172. The first kappa shape index (κ1) is 16.0. The van der Waals surface area contributed by atoms with E-state index in [0.717, 1.165) is 19.4 Å². The number of hydrogen-bond donors (Lipinski definition) is 1. The predicted octanol–water partition coefficient (Wildman–Crippen LogP) is 2.37. The van der Waals surface area contributed by atoms with Crippen LogP contribution in [0, 0.1) is 0 Å². The molecule has 0 aliphatic heterocycles. The molecule has 1 aliphatic carbocycles. The maximum absolute atomic E-state index is 12.1. The number of likely N-dealkylation sites (N-methyl/N-ethyl adjacent to an activating group) is 1. The van der Waals surface area contributed by atoms with Crippen LogP contribution in [0.2, 0.25) is 5.02 Å². The van der Waals surface area contributed by atoms with Crippen molar-refractivity contribution in [1.29, 1.82) is 0 Å². The normalized spacial score (nSPS) is 17.1. The van der Waals surface area contributed by atoms with Crippen LogP contribution in [-0.4, -0.2) is 40.9 Å². The number of rotatable bonds is 6. The van der Waals surface area contributed by atoms with E-state index in [2.05, 4.69) is 36.0 Å². The quantitative estimate of drug-likeness (QED) is 0.820. The number of nitrogens with zero attached hydrogens (tertiary/aromatic N) is 3. The van der Waals surface area contributed by atoms with Crippen molar-refractivity contribution in [2.45, 2.75) is 37.8 Å². The van der Waals surface area contributed by atoms with E-state index in [9.17, 15) is 4.79 Å². The number of allylic oxidation sites excluding steroid dienone is 1. The van der Waals surface area contributed by atoms with Gasteiger partial charge < -0.3 is 10.2 Å². The lowest BCUT2D eigenvalue weighted by Gasteiger charge is -2.36. The average molecular weight is 311 g/mol. The van der Waals surface area contributed by atoms with Crippen molar-refractivity contribution >= 4 is 17.3 Å². The van der Waals surface area contributed by atoms with Gasteiger partial charge in [0.25, 0.3) is 5.56 Å². The minimum absolute atomic E-state index is 0.138. The summed E-state index contributed by atoms with van der Waals surface area (Å²) in [6, 6.07) is 0. The molecule has 0 aromatic carbocycles. The van der Waals surface area contributed by atoms with E-state index in [1.165, 1.54) is 17.5 Å². The second-order valence-corrected chi connectivity index (χ2v) is 6.21. The summed E-state index contributed by atoms with van der Waals surface area (Å²) in [4.78, 5) is 14.3. The van der Waals surface area contributed by atoms with Gasteiger partial charge in [0, 0.05) is 12.1 Å². The molecule has 0 radical (unpaired) electrons. The number of halogens is 1. The zero-order chi connectivity index (χ0) is 15.5. The molecule has 0 spiro atoms. The molecule has 1 aliphatic rings. The van der Waals surface area contributed by atoms with Gasteiger partial charge in [-0.25, -0.2) is 4.68 Å². The fourth-order valence-corrected chi connectivity index (χ4v) is 3.13. The van der Waals surface area contributed by atoms with E-state index >= 15 is 0 Å². The topological polar surface area (TPSA) is 50.2 Å². The second-order valence-electron chi connectivity index (χ2n) is 5.83. The van der Waals surface area contributed by atoms with Crippen LogP contribution in [0.25, 0.3) is 0 Å². The minimum atomic E-state index is -0.285. The monoisotopic (exact) mass is 310 g/mol. The van der Waals surface area contributed by atoms with Gasteiger partial charge in [-0.3, -0.25) is 4.79 Å². The van der Waals surface area contributed by atoms with Crippen molar-refractivity contribution < 1.29 is 0 Å². The average Bonchev–Trinajstić information content (AvgIpc) is 2.93. The molecule has 0 unspecified atom stereocenters. The fourth-order valence-electron chi connectivity index (χ4n) is 2.92. The van der Waals surface area contributed by atoms with E-state index in [0.29, 0.717) is 12.2 Å². The van der Waals surface area contributed by atoms with Crippen LogP contribution in [0.5, 0.6) is 0 Å². The molecule has 1 N–H and O–H groups in total. The van der Waals surface area contributed by atoms with Crippen molar-refractivity contribution in [3.63, 3.8) is 0 Å². The summed E-state index contributed by atoms with van der Waals surface area (Å²) < 4.78 is 1.30. The van der Waals surface area contributed by atoms with Crippen molar-refractivity contribution in [2.24, 2.45) is 0 Å². The molecule has 1 aromatic heterocycles. The Labute approximate surface area is 130 Å². The van der Waals surface area contributed by atoms with Crippen LogP contribution < -0.4 is 10.9 Å². The van der Waals surface area contributed by atoms with Crippen LogP contribution in [0.15, 0.2) is 23.6 Å². The van der Waals surface area contributed by atoms with Crippen molar-refractivity contribution in [3.05, 3.63) is 34.2 Å². The van der Waals surface area contributed by atoms with Gasteiger partial charge in [-0.15, -0.1) is 6.58 Å². The summed E-state index contributed by atoms with van der Waals surface area (Å²) in [7, 11) is 4.21. The van der Waals surface area contributed by atoms with E-state index in [-0.39, 0.29) is 16.1 Å². The molecule has 116 valence electrons. The largest absolute Gasteiger partial charge is 0.381 e. The molecule has 21 heavy (non-hydrogen) atoms. The van der Waals surface area contributed by atoms with E-state index in [4.69, 9.17) is 11.6 Å². The van der Waals surface area contributed by atoms with E-state index in [1.54, 1.807) is 12.3 Å². The molecule has 1 aromatic rings. The zero-order valence-corrected chi connectivity index (χ0v) is 13.5. The highest BCUT2D eigenvalue weighted by Gasteiger charge is 2.35. The van der Waals surface area contributed by atoms with Gasteiger partial charge >= 0.3 is 0 Å². The number of nitrogens with one attached hydrogen (secondary N) is 1. The number of anilines is 1. The maximum Gasteiger partial charge on any atom is 0.287 e. The lowest BCUT2D eigenvalue weighted by Crippen LogP contribution is -2.47. The Morgan fingerprint density at radius 3 is 2.76 bits per heavy atom. The van der Waals surface area contributed by atoms with Crippen LogP contribution >= 0.6 is 11.6 Å². The Bertz CT molecular complexity index is 561. The summed E-state index contributed by atoms with van der Waals surface area (Å²) >= 11 is 6.16. The Balaban J connectivity index is 2.15. The standard InChI is InChI=1S/C15H23ClN4O/c1-4-9-20-14(21)13(16)12(10-18-20)17-11-15(19(2)3)7-5-6-8-15/h4,10,17H,1,5-9,11H2,2-3H3. The van der Waals surface area contributed by atoms with Crippen molar-refractivity contribution in [2.75, 3.05) is 26.0 Å². The lowest BCUT2D eigenvalue weighted by atomic mass is 9.96. The van der Waals surface area contributed by atoms with Crippen LogP contribution in [0.3, 0.4) is 0 Å². The van der Waals surface area contributed by atoms with Gasteiger partial charge in [0.2, 0.25) is 0 Å². The Morgan fingerprint density at radius 2 is 2.19 bits per heavy atom. The summed E-state index contributed by atoms with van der Waals surface area (Å²) in [5.74, 6) is 0. The molecule has 0 saturated heterocycles. The summed E-state index contributed by atoms with van der Waals surface area (Å²) in [5.41, 5.74) is 0.459. The third-order valence-electron chi connectivity index (χ3n) is 4.38. The number of hydrogen-bond acceptors (Lipinski definition) is 4. The summed E-state index contributed by atoms with van der Waals surface area (Å²) in [6.07, 6.45) is 8.04. The molecule has 0 atom stereocenters. The summed E-state index contributed by atoms with van der Waals surface area (Å²) in [6.45, 7) is 4.73. The molecule has 5 nitrogen and oxygen atoms in total. The van der Waals surface area contributed by atoms with Crippen LogP contribution in [0.4, 0.5) is 5.69 Å². The second kappa shape index (κ2) is 6.62. The third-order valence-corrected chi connectivity index (χ3v) is 4.74. The van der Waals surface area contributed by atoms with Gasteiger partial charge in [-0.1, -0.05) is 30.5 Å². The molecular formula is C15H23ClN4O. The smallest absolute Gasteiger partial charge is 0.287 e. The van der Waals surface area contributed by atoms with Crippen molar-refractivity contribution in [3.8, 4) is 0 Å². The Hall–Kier alpha value is -1.33. The Kier molecular flexibility index (Phi) is 5.06. The van der Waals surface area contributed by atoms with Crippen LogP contribution in [-0.2, 0) is 6.54 Å². The SMILES string of the molecule is C=CCn1ncc(NCC2(N(C)C)CCCC2)c(Cl)c1=O. The molecule has 6 heteroatoms. The van der Waals surface area contributed by atoms with Gasteiger partial charge in [-0.2, -0.15) is 5.10 Å². The highest BCUT2D eigenvalue weighted by Crippen LogP contribution is 2.34. The molecule has 1 heterocycles. The van der Waals surface area contributed by atoms with E-state index in [1.807, 2.05) is 0 Å². The molecule has 2 rings (SSSR count). The van der Waals surface area contributed by atoms with Gasteiger partial charge in [-0.05, 0) is 26.9 Å². The first-order valence-electron chi connectivity index (χ1n) is 7.28. The Morgan fingerprint density at radius 1 is 1.52 bits per heavy atom. The molecule has 0 amide bonds. The molecule has 1 fully saturated rings. The van der Waals surface area contributed by atoms with Gasteiger partial charge in [0.15, 0.2) is 0 Å². The first-order valence-corrected chi connectivity index (χ1v) is 7.66. The van der Waals surface area contributed by atoms with Crippen molar-refractivity contribution in [1.82, 2.24) is 14.7 Å². The summed E-state index contributed by atoms with van der Waals surface area (Å²) in [5, 5.41) is 7.62. The van der Waals surface area contributed by atoms with E-state index < -0.39 is 0 Å². The number of aromatic nitrogens is 2. The first-order chi connectivity index (χ1) is 10.00.